The predicted octanol–water partition coefficient (Wildman–Crippen LogP) is 2.27. The molecule has 1 aliphatic carbocycles. The first kappa shape index (κ1) is 21.6. The molecule has 14 heteroatoms. The molecular weight excluding hydrogens is 446 g/mol. The number of fused-ring (bicyclic) bond motifs is 1. The van der Waals surface area contributed by atoms with E-state index in [1.165, 1.54) is 12.1 Å². The number of halogens is 4. The first-order chi connectivity index (χ1) is 14.7. The first-order valence-corrected chi connectivity index (χ1v) is 10.8. The van der Waals surface area contributed by atoms with Crippen molar-refractivity contribution in [1.82, 2.24) is 24.8 Å². The summed E-state index contributed by atoms with van der Waals surface area (Å²) in [6, 6.07) is 1.35. The largest absolute Gasteiger partial charge is 0.414 e. The van der Waals surface area contributed by atoms with Gasteiger partial charge in [0.05, 0.1) is 0 Å². The summed E-state index contributed by atoms with van der Waals surface area (Å²) in [6.07, 6.45) is -4.10. The lowest BCUT2D eigenvalue weighted by Crippen LogP contribution is -2.54. The highest BCUT2D eigenvalue weighted by Crippen LogP contribution is 2.36. The minimum atomic E-state index is -4.13. The van der Waals surface area contributed by atoms with Crippen molar-refractivity contribution in [3.05, 3.63) is 23.6 Å². The number of carbonyl (C=O) groups is 1. The van der Waals surface area contributed by atoms with Gasteiger partial charge < -0.3 is 9.73 Å². The average molecular weight is 463 g/mol. The zero-order chi connectivity index (χ0) is 22.3. The molecule has 0 saturated heterocycles. The van der Waals surface area contributed by atoms with Gasteiger partial charge in [-0.05, 0) is 18.9 Å². The normalized spacial score (nSPS) is 23.3. The molecule has 4 rings (SSSR count). The number of nitrogens with one attached hydrogen (secondary N) is 1. The fourth-order valence-electron chi connectivity index (χ4n) is 3.89. The van der Waals surface area contributed by atoms with E-state index in [0.29, 0.717) is 31.2 Å². The molecule has 0 unspecified atom stereocenters. The van der Waals surface area contributed by atoms with Gasteiger partial charge in [-0.25, -0.2) is 13.4 Å². The SMILES string of the molecule is O=C(N[C@@H]1CCCC[C@H]1N1Cc2ccc(-c3nnc(C(F)F)o3)nc2S1(=O)=O)C(F)F. The van der Waals surface area contributed by atoms with Crippen LogP contribution in [0, 0.1) is 0 Å². The lowest BCUT2D eigenvalue weighted by atomic mass is 9.90. The van der Waals surface area contributed by atoms with E-state index < -0.39 is 46.8 Å². The average Bonchev–Trinajstić information content (AvgIpc) is 3.32. The molecule has 31 heavy (non-hydrogen) atoms. The van der Waals surface area contributed by atoms with Crippen LogP contribution in [0.15, 0.2) is 21.6 Å². The Morgan fingerprint density at radius 3 is 2.58 bits per heavy atom. The van der Waals surface area contributed by atoms with Gasteiger partial charge in [0, 0.05) is 24.2 Å². The molecule has 2 atom stereocenters. The summed E-state index contributed by atoms with van der Waals surface area (Å²) in [5.41, 5.74) is 0.261. The maximum absolute atomic E-state index is 13.2. The van der Waals surface area contributed by atoms with Gasteiger partial charge in [0.15, 0.2) is 5.03 Å². The third-order valence-electron chi connectivity index (χ3n) is 5.29. The molecule has 2 aromatic rings. The van der Waals surface area contributed by atoms with E-state index in [1.54, 1.807) is 0 Å². The number of alkyl halides is 4. The molecule has 1 saturated carbocycles. The Hall–Kier alpha value is -2.61. The Balaban J connectivity index is 1.62. The van der Waals surface area contributed by atoms with Crippen molar-refractivity contribution in [2.75, 3.05) is 0 Å². The highest BCUT2D eigenvalue weighted by atomic mass is 32.2. The molecule has 1 aliphatic heterocycles. The number of sulfonamides is 1. The minimum Gasteiger partial charge on any atom is -0.414 e. The van der Waals surface area contributed by atoms with E-state index >= 15 is 0 Å². The highest BCUT2D eigenvalue weighted by Gasteiger charge is 2.45. The topological polar surface area (TPSA) is 118 Å². The first-order valence-electron chi connectivity index (χ1n) is 9.40. The van der Waals surface area contributed by atoms with Crippen LogP contribution in [0.4, 0.5) is 17.6 Å². The molecule has 2 aromatic heterocycles. The summed E-state index contributed by atoms with van der Waals surface area (Å²) in [5, 5.41) is 8.60. The molecule has 0 bridgehead atoms. The molecular formula is C17H17F4N5O4S. The van der Waals surface area contributed by atoms with E-state index in [4.69, 9.17) is 4.42 Å². The number of carbonyl (C=O) groups excluding carboxylic acids is 1. The van der Waals surface area contributed by atoms with Crippen LogP contribution >= 0.6 is 0 Å². The fourth-order valence-corrected chi connectivity index (χ4v) is 5.71. The molecule has 3 heterocycles. The van der Waals surface area contributed by atoms with E-state index in [-0.39, 0.29) is 23.2 Å². The number of amides is 1. The highest BCUT2D eigenvalue weighted by molar-refractivity contribution is 7.89. The Kier molecular flexibility index (Phi) is 5.68. The predicted molar refractivity (Wildman–Crippen MR) is 95.4 cm³/mol. The van der Waals surface area contributed by atoms with Gasteiger partial charge in [-0.15, -0.1) is 10.2 Å². The van der Waals surface area contributed by atoms with Crippen LogP contribution in [0.5, 0.6) is 0 Å². The molecule has 1 N–H and O–H groups in total. The summed E-state index contributed by atoms with van der Waals surface area (Å²) < 4.78 is 83.0. The second-order valence-electron chi connectivity index (χ2n) is 7.22. The van der Waals surface area contributed by atoms with Crippen LogP contribution in [-0.4, -0.2) is 52.3 Å². The Morgan fingerprint density at radius 2 is 1.90 bits per heavy atom. The van der Waals surface area contributed by atoms with Gasteiger partial charge in [0.2, 0.25) is 0 Å². The van der Waals surface area contributed by atoms with Gasteiger partial charge in [-0.1, -0.05) is 18.9 Å². The Morgan fingerprint density at radius 1 is 1.16 bits per heavy atom. The fraction of sp³-hybridized carbons (Fsp3) is 0.529. The second kappa shape index (κ2) is 8.15. The van der Waals surface area contributed by atoms with E-state index in [9.17, 15) is 30.8 Å². The smallest absolute Gasteiger partial charge is 0.315 e. The maximum Gasteiger partial charge on any atom is 0.315 e. The monoisotopic (exact) mass is 463 g/mol. The molecule has 1 amide bonds. The van der Waals surface area contributed by atoms with Gasteiger partial charge in [-0.2, -0.15) is 21.9 Å². The summed E-state index contributed by atoms with van der Waals surface area (Å²) in [5.74, 6) is -2.72. The van der Waals surface area contributed by atoms with Crippen LogP contribution < -0.4 is 5.32 Å². The molecule has 0 radical (unpaired) electrons. The number of hydrogen-bond donors (Lipinski definition) is 1. The van der Waals surface area contributed by atoms with Crippen molar-refractivity contribution in [3.8, 4) is 11.6 Å². The second-order valence-corrected chi connectivity index (χ2v) is 9.03. The van der Waals surface area contributed by atoms with Gasteiger partial charge in [0.25, 0.3) is 27.7 Å². The van der Waals surface area contributed by atoms with Crippen molar-refractivity contribution < 1.29 is 35.2 Å². The third-order valence-corrected chi connectivity index (χ3v) is 7.15. The minimum absolute atomic E-state index is 0.0528. The van der Waals surface area contributed by atoms with Crippen LogP contribution in [-0.2, 0) is 21.4 Å². The molecule has 168 valence electrons. The van der Waals surface area contributed by atoms with E-state index in [2.05, 4.69) is 20.5 Å². The zero-order valence-electron chi connectivity index (χ0n) is 15.8. The summed E-state index contributed by atoms with van der Waals surface area (Å²) in [6.45, 7) is -0.0528. The number of nitrogens with zero attached hydrogens (tertiary/aromatic N) is 4. The standard InChI is InChI=1S/C17H17F4N5O4S/c18-12(19)14(27)22-9-3-1-2-4-11(9)26-7-8-5-6-10(23-17(8)31(26,28)29)15-24-25-16(30-15)13(20)21/h5-6,9,11-13H,1-4,7H2,(H,22,27)/t9-,11-/m1/s1. The van der Waals surface area contributed by atoms with Gasteiger partial charge in [-0.3, -0.25) is 4.79 Å². The molecule has 0 spiro atoms. The van der Waals surface area contributed by atoms with Crippen molar-refractivity contribution >= 4 is 15.9 Å². The van der Waals surface area contributed by atoms with Gasteiger partial charge in [0.1, 0.15) is 5.69 Å². The van der Waals surface area contributed by atoms with Crippen molar-refractivity contribution in [1.29, 1.82) is 0 Å². The Labute approximate surface area is 173 Å². The van der Waals surface area contributed by atoms with Crippen LogP contribution in [0.2, 0.25) is 0 Å². The van der Waals surface area contributed by atoms with Crippen LogP contribution in [0.3, 0.4) is 0 Å². The molecule has 1 fully saturated rings. The maximum atomic E-state index is 13.2. The molecule has 2 aliphatic rings. The van der Waals surface area contributed by atoms with Gasteiger partial charge >= 0.3 is 12.9 Å². The number of rotatable bonds is 5. The summed E-state index contributed by atoms with van der Waals surface area (Å²) in [4.78, 5) is 15.5. The van der Waals surface area contributed by atoms with Crippen molar-refractivity contribution in [2.45, 2.75) is 62.2 Å². The van der Waals surface area contributed by atoms with Crippen molar-refractivity contribution in [2.24, 2.45) is 0 Å². The van der Waals surface area contributed by atoms with E-state index in [1.807, 2.05) is 0 Å². The number of aromatic nitrogens is 3. The van der Waals surface area contributed by atoms with E-state index in [0.717, 1.165) is 4.31 Å². The van der Waals surface area contributed by atoms with Crippen LogP contribution in [0.1, 0.15) is 43.6 Å². The molecule has 0 aromatic carbocycles. The number of pyridine rings is 1. The third kappa shape index (κ3) is 4.01. The lowest BCUT2D eigenvalue weighted by Gasteiger charge is -2.37. The number of hydrogen-bond acceptors (Lipinski definition) is 7. The quantitative estimate of drug-likeness (QED) is 0.676. The zero-order valence-corrected chi connectivity index (χ0v) is 16.7. The van der Waals surface area contributed by atoms with Crippen LogP contribution in [0.25, 0.3) is 11.6 Å². The summed E-state index contributed by atoms with van der Waals surface area (Å²) >= 11 is 0. The Bertz CT molecular complexity index is 1090. The van der Waals surface area contributed by atoms with Crippen molar-refractivity contribution in [3.63, 3.8) is 0 Å². The summed E-state index contributed by atoms with van der Waals surface area (Å²) in [7, 11) is -4.13. The molecule has 9 nitrogen and oxygen atoms in total. The lowest BCUT2D eigenvalue weighted by molar-refractivity contribution is -0.133.